The zero-order valence-electron chi connectivity index (χ0n) is 14.8. The van der Waals surface area contributed by atoms with Crippen LogP contribution in [0.15, 0.2) is 42.5 Å². The van der Waals surface area contributed by atoms with E-state index in [4.69, 9.17) is 9.47 Å². The van der Waals surface area contributed by atoms with Crippen LogP contribution in [-0.4, -0.2) is 25.1 Å². The van der Waals surface area contributed by atoms with E-state index < -0.39 is 0 Å². The van der Waals surface area contributed by atoms with E-state index in [1.165, 1.54) is 0 Å². The van der Waals surface area contributed by atoms with Gasteiger partial charge in [0.25, 0.3) is 0 Å². The van der Waals surface area contributed by atoms with Crippen molar-refractivity contribution >= 4 is 5.78 Å². The maximum Gasteiger partial charge on any atom is 0.193 e. The highest BCUT2D eigenvalue weighted by Crippen LogP contribution is 2.31. The number of aryl methyl sites for hydroxylation is 1. The maximum atomic E-state index is 13.0. The summed E-state index contributed by atoms with van der Waals surface area (Å²) in [6, 6.07) is 13.5. The Balaban J connectivity index is 1.95. The van der Waals surface area contributed by atoms with Crippen LogP contribution in [0.1, 0.15) is 47.8 Å². The molecule has 0 radical (unpaired) electrons. The molecule has 1 aliphatic rings. The largest absolute Gasteiger partial charge is 0.491 e. The molecular formula is C21H24O3. The minimum absolute atomic E-state index is 0.0352. The quantitative estimate of drug-likeness (QED) is 0.608. The number of benzene rings is 2. The normalized spacial score (nSPS) is 16.8. The van der Waals surface area contributed by atoms with Crippen LogP contribution in [0.5, 0.6) is 5.75 Å². The van der Waals surface area contributed by atoms with E-state index in [1.807, 2.05) is 49.4 Å². The van der Waals surface area contributed by atoms with E-state index in [2.05, 4.69) is 20.8 Å². The lowest BCUT2D eigenvalue weighted by Gasteiger charge is -2.23. The first-order chi connectivity index (χ1) is 11.3. The van der Waals surface area contributed by atoms with Gasteiger partial charge in [0.15, 0.2) is 5.78 Å². The van der Waals surface area contributed by atoms with Gasteiger partial charge >= 0.3 is 0 Å². The summed E-state index contributed by atoms with van der Waals surface area (Å²) in [6.45, 7) is 9.66. The van der Waals surface area contributed by atoms with Gasteiger partial charge in [0.1, 0.15) is 18.5 Å². The smallest absolute Gasteiger partial charge is 0.193 e. The van der Waals surface area contributed by atoms with E-state index in [0.29, 0.717) is 23.5 Å². The van der Waals surface area contributed by atoms with Crippen molar-refractivity contribution in [3.05, 3.63) is 64.7 Å². The molecule has 0 saturated carbocycles. The molecule has 0 aliphatic carbocycles. The Kier molecular flexibility index (Phi) is 4.46. The predicted molar refractivity (Wildman–Crippen MR) is 95.0 cm³/mol. The molecule has 1 fully saturated rings. The van der Waals surface area contributed by atoms with Crippen molar-refractivity contribution in [2.24, 2.45) is 0 Å². The molecule has 3 nitrogen and oxygen atoms in total. The molecule has 0 aromatic heterocycles. The van der Waals surface area contributed by atoms with E-state index in [-0.39, 0.29) is 17.3 Å². The zero-order valence-corrected chi connectivity index (χ0v) is 14.8. The molecule has 3 heteroatoms. The van der Waals surface area contributed by atoms with Gasteiger partial charge in [0.05, 0.1) is 6.61 Å². The summed E-state index contributed by atoms with van der Waals surface area (Å²) in [5, 5.41) is 0. The fourth-order valence-electron chi connectivity index (χ4n) is 2.67. The van der Waals surface area contributed by atoms with Crippen molar-refractivity contribution in [1.82, 2.24) is 0 Å². The van der Waals surface area contributed by atoms with Gasteiger partial charge in [-0.25, -0.2) is 0 Å². The van der Waals surface area contributed by atoms with Crippen molar-refractivity contribution in [3.8, 4) is 5.75 Å². The Bertz CT molecular complexity index is 735. The van der Waals surface area contributed by atoms with Gasteiger partial charge in [0, 0.05) is 11.1 Å². The monoisotopic (exact) mass is 324 g/mol. The lowest BCUT2D eigenvalue weighted by Crippen LogP contribution is -2.18. The summed E-state index contributed by atoms with van der Waals surface area (Å²) in [7, 11) is 0. The number of epoxide rings is 1. The Morgan fingerprint density at radius 1 is 1.17 bits per heavy atom. The van der Waals surface area contributed by atoms with Crippen LogP contribution in [0.2, 0.25) is 0 Å². The topological polar surface area (TPSA) is 38.8 Å². The molecule has 1 unspecified atom stereocenters. The van der Waals surface area contributed by atoms with Crippen LogP contribution < -0.4 is 4.74 Å². The molecule has 126 valence electrons. The Morgan fingerprint density at radius 2 is 1.83 bits per heavy atom. The zero-order chi connectivity index (χ0) is 17.3. The fraction of sp³-hybridized carbons (Fsp3) is 0.381. The molecule has 24 heavy (non-hydrogen) atoms. The molecule has 1 heterocycles. The molecule has 3 rings (SSSR count). The van der Waals surface area contributed by atoms with E-state index in [0.717, 1.165) is 17.7 Å². The van der Waals surface area contributed by atoms with Crippen LogP contribution in [0.4, 0.5) is 0 Å². The number of ether oxygens (including phenoxy) is 2. The fourth-order valence-corrected chi connectivity index (χ4v) is 2.67. The van der Waals surface area contributed by atoms with Crippen molar-refractivity contribution in [3.63, 3.8) is 0 Å². The lowest BCUT2D eigenvalue weighted by molar-refractivity contribution is 0.103. The SMILES string of the molecule is Cc1ccc(C(=O)c2cc(OCC3CO3)ccc2C(C)(C)C)cc1. The highest BCUT2D eigenvalue weighted by atomic mass is 16.6. The standard InChI is InChI=1S/C21H24O3/c1-14-5-7-15(8-6-14)20(22)18-11-16(23-12-17-13-24-17)9-10-19(18)21(2,3)4/h5-11,17H,12-13H2,1-4H3. The number of rotatable bonds is 5. The first-order valence-electron chi connectivity index (χ1n) is 8.35. The minimum atomic E-state index is -0.117. The van der Waals surface area contributed by atoms with Crippen LogP contribution in [0.3, 0.4) is 0 Å². The third kappa shape index (κ3) is 3.85. The third-order valence-corrected chi connectivity index (χ3v) is 4.20. The Labute approximate surface area is 143 Å². The van der Waals surface area contributed by atoms with Crippen LogP contribution in [0.25, 0.3) is 0 Å². The van der Waals surface area contributed by atoms with Crippen molar-refractivity contribution in [2.75, 3.05) is 13.2 Å². The molecule has 1 atom stereocenters. The highest BCUT2D eigenvalue weighted by molar-refractivity contribution is 6.10. The molecule has 0 spiro atoms. The summed E-state index contributed by atoms with van der Waals surface area (Å²) in [4.78, 5) is 13.0. The molecule has 0 bridgehead atoms. The number of carbonyl (C=O) groups excluding carboxylic acids is 1. The average molecular weight is 324 g/mol. The van der Waals surface area contributed by atoms with Crippen molar-refractivity contribution in [1.29, 1.82) is 0 Å². The molecule has 2 aromatic rings. The number of hydrogen-bond acceptors (Lipinski definition) is 3. The van der Waals surface area contributed by atoms with E-state index >= 15 is 0 Å². The van der Waals surface area contributed by atoms with E-state index in [1.54, 1.807) is 0 Å². The molecule has 0 N–H and O–H groups in total. The third-order valence-electron chi connectivity index (χ3n) is 4.20. The van der Waals surface area contributed by atoms with Gasteiger partial charge in [-0.2, -0.15) is 0 Å². The van der Waals surface area contributed by atoms with Gasteiger partial charge in [-0.05, 0) is 30.0 Å². The first kappa shape index (κ1) is 16.7. The van der Waals surface area contributed by atoms with Gasteiger partial charge in [-0.15, -0.1) is 0 Å². The molecule has 1 aliphatic heterocycles. The minimum Gasteiger partial charge on any atom is -0.491 e. The van der Waals surface area contributed by atoms with Crippen LogP contribution in [0, 0.1) is 6.92 Å². The van der Waals surface area contributed by atoms with Crippen molar-refractivity contribution in [2.45, 2.75) is 39.2 Å². The second kappa shape index (κ2) is 6.40. The molecular weight excluding hydrogens is 300 g/mol. The summed E-state index contributed by atoms with van der Waals surface area (Å²) in [6.07, 6.45) is 0.198. The van der Waals surface area contributed by atoms with Gasteiger partial charge in [-0.1, -0.05) is 56.7 Å². The Morgan fingerprint density at radius 3 is 2.42 bits per heavy atom. The summed E-state index contributed by atoms with van der Waals surface area (Å²) in [5.41, 5.74) is 3.47. The second-order valence-corrected chi connectivity index (χ2v) is 7.42. The molecule has 0 amide bonds. The Hall–Kier alpha value is -2.13. The highest BCUT2D eigenvalue weighted by Gasteiger charge is 2.25. The van der Waals surface area contributed by atoms with Crippen LogP contribution in [-0.2, 0) is 10.2 Å². The number of hydrogen-bond donors (Lipinski definition) is 0. The van der Waals surface area contributed by atoms with Crippen molar-refractivity contribution < 1.29 is 14.3 Å². The second-order valence-electron chi connectivity index (χ2n) is 7.42. The molecule has 2 aromatic carbocycles. The predicted octanol–water partition coefficient (Wildman–Crippen LogP) is 4.30. The summed E-state index contributed by atoms with van der Waals surface area (Å²) >= 11 is 0. The average Bonchev–Trinajstić information content (AvgIpc) is 3.36. The van der Waals surface area contributed by atoms with E-state index in [9.17, 15) is 4.79 Å². The maximum absolute atomic E-state index is 13.0. The van der Waals surface area contributed by atoms with Gasteiger partial charge < -0.3 is 9.47 Å². The first-order valence-corrected chi connectivity index (χ1v) is 8.35. The van der Waals surface area contributed by atoms with Crippen LogP contribution >= 0.6 is 0 Å². The number of carbonyl (C=O) groups is 1. The van der Waals surface area contributed by atoms with Gasteiger partial charge in [-0.3, -0.25) is 4.79 Å². The summed E-state index contributed by atoms with van der Waals surface area (Å²) in [5.74, 6) is 0.752. The van der Waals surface area contributed by atoms with Gasteiger partial charge in [0.2, 0.25) is 0 Å². The summed E-state index contributed by atoms with van der Waals surface area (Å²) < 4.78 is 10.9. The molecule has 1 saturated heterocycles. The number of ketones is 1. The lowest BCUT2D eigenvalue weighted by atomic mass is 9.81.